The van der Waals surface area contributed by atoms with Crippen molar-refractivity contribution in [1.29, 1.82) is 0 Å². The minimum absolute atomic E-state index is 0.207. The number of hydrogen-bond acceptors (Lipinski definition) is 3. The van der Waals surface area contributed by atoms with E-state index in [0.717, 1.165) is 31.4 Å². The number of likely N-dealkylation sites (N-methyl/N-ethyl adjacent to an activating group) is 1. The molecule has 0 aromatic heterocycles. The summed E-state index contributed by atoms with van der Waals surface area (Å²) in [6.45, 7) is 0.908. The molecular formula is C16H25NO2. The Kier molecular flexibility index (Phi) is 4.83. The Morgan fingerprint density at radius 2 is 2.00 bits per heavy atom. The van der Waals surface area contributed by atoms with E-state index in [2.05, 4.69) is 25.1 Å². The molecule has 1 unspecified atom stereocenters. The Bertz CT molecular complexity index is 405. The highest BCUT2D eigenvalue weighted by Gasteiger charge is 2.31. The average Bonchev–Trinajstić information content (AvgIpc) is 2.37. The van der Waals surface area contributed by atoms with Gasteiger partial charge in [-0.05, 0) is 50.6 Å². The lowest BCUT2D eigenvalue weighted by Gasteiger charge is -2.36. The van der Waals surface area contributed by atoms with Crippen LogP contribution in [0.3, 0.4) is 0 Å². The Morgan fingerprint density at radius 3 is 2.63 bits per heavy atom. The molecule has 1 saturated carbocycles. The second kappa shape index (κ2) is 6.40. The van der Waals surface area contributed by atoms with Crippen LogP contribution in [0, 0.1) is 5.92 Å². The Balaban J connectivity index is 2.24. The summed E-state index contributed by atoms with van der Waals surface area (Å²) < 4.78 is 0. The minimum Gasteiger partial charge on any atom is -0.508 e. The van der Waals surface area contributed by atoms with Gasteiger partial charge >= 0.3 is 0 Å². The number of rotatable bonds is 4. The van der Waals surface area contributed by atoms with Crippen molar-refractivity contribution in [2.24, 2.45) is 5.92 Å². The summed E-state index contributed by atoms with van der Waals surface area (Å²) in [7, 11) is 4.12. The van der Waals surface area contributed by atoms with E-state index < -0.39 is 0 Å². The molecule has 2 rings (SSSR count). The molecule has 0 radical (unpaired) electrons. The molecule has 1 aliphatic rings. The fourth-order valence-corrected chi connectivity index (χ4v) is 3.25. The molecule has 0 spiro atoms. The monoisotopic (exact) mass is 263 g/mol. The fraction of sp³-hybridized carbons (Fsp3) is 0.625. The molecule has 1 aliphatic carbocycles. The quantitative estimate of drug-likeness (QED) is 0.877. The number of aliphatic hydroxyl groups is 1. The summed E-state index contributed by atoms with van der Waals surface area (Å²) in [5.41, 5.74) is 1.14. The standard InChI is InChI=1S/C16H25NO2/c1-17(2)11-15(12-6-5-7-13(18)10-12)14-8-3-4-9-16(14)19/h5-7,10,14-16,18-19H,3-4,8-9,11H2,1-2H3/t14-,15?,16+/m1/s1. The summed E-state index contributed by atoms with van der Waals surface area (Å²) in [5, 5.41) is 20.0. The largest absolute Gasteiger partial charge is 0.508 e. The van der Waals surface area contributed by atoms with Crippen molar-refractivity contribution in [1.82, 2.24) is 4.90 Å². The van der Waals surface area contributed by atoms with Crippen LogP contribution >= 0.6 is 0 Å². The first-order valence-corrected chi connectivity index (χ1v) is 7.19. The van der Waals surface area contributed by atoms with Crippen molar-refractivity contribution in [3.05, 3.63) is 29.8 Å². The van der Waals surface area contributed by atoms with Gasteiger partial charge < -0.3 is 15.1 Å². The highest BCUT2D eigenvalue weighted by Crippen LogP contribution is 2.37. The summed E-state index contributed by atoms with van der Waals surface area (Å²) in [6, 6.07) is 7.50. The van der Waals surface area contributed by atoms with E-state index in [9.17, 15) is 10.2 Å². The molecule has 3 nitrogen and oxygen atoms in total. The molecule has 19 heavy (non-hydrogen) atoms. The lowest BCUT2D eigenvalue weighted by atomic mass is 9.75. The molecule has 0 heterocycles. The highest BCUT2D eigenvalue weighted by molar-refractivity contribution is 5.30. The van der Waals surface area contributed by atoms with Crippen LogP contribution in [-0.4, -0.2) is 41.9 Å². The second-order valence-corrected chi connectivity index (χ2v) is 5.98. The fourth-order valence-electron chi connectivity index (χ4n) is 3.25. The van der Waals surface area contributed by atoms with Crippen molar-refractivity contribution in [3.63, 3.8) is 0 Å². The number of phenolic OH excluding ortho intramolecular Hbond substituents is 1. The van der Waals surface area contributed by atoms with Crippen LogP contribution in [0.5, 0.6) is 5.75 Å². The summed E-state index contributed by atoms with van der Waals surface area (Å²) in [4.78, 5) is 2.16. The van der Waals surface area contributed by atoms with Gasteiger partial charge in [0.1, 0.15) is 5.75 Å². The predicted molar refractivity (Wildman–Crippen MR) is 77.4 cm³/mol. The lowest BCUT2D eigenvalue weighted by molar-refractivity contribution is 0.0494. The van der Waals surface area contributed by atoms with Crippen molar-refractivity contribution in [2.75, 3.05) is 20.6 Å². The molecule has 106 valence electrons. The summed E-state index contributed by atoms with van der Waals surface area (Å²) in [6.07, 6.45) is 4.11. The van der Waals surface area contributed by atoms with E-state index in [-0.39, 0.29) is 12.0 Å². The first-order chi connectivity index (χ1) is 9.08. The van der Waals surface area contributed by atoms with Crippen molar-refractivity contribution in [2.45, 2.75) is 37.7 Å². The third kappa shape index (κ3) is 3.71. The number of aliphatic hydroxyl groups excluding tert-OH is 1. The van der Waals surface area contributed by atoms with Crippen LogP contribution < -0.4 is 0 Å². The number of benzene rings is 1. The molecule has 3 atom stereocenters. The molecule has 0 aliphatic heterocycles. The molecule has 3 heteroatoms. The van der Waals surface area contributed by atoms with Gasteiger partial charge in [-0.1, -0.05) is 25.0 Å². The first-order valence-electron chi connectivity index (χ1n) is 7.19. The maximum atomic E-state index is 10.3. The number of aromatic hydroxyl groups is 1. The molecule has 1 aromatic carbocycles. The smallest absolute Gasteiger partial charge is 0.115 e. The minimum atomic E-state index is -0.207. The van der Waals surface area contributed by atoms with E-state index in [0.29, 0.717) is 11.7 Å². The first kappa shape index (κ1) is 14.4. The van der Waals surface area contributed by atoms with Crippen LogP contribution in [0.4, 0.5) is 0 Å². The zero-order chi connectivity index (χ0) is 13.8. The number of hydrogen-bond donors (Lipinski definition) is 2. The Morgan fingerprint density at radius 1 is 1.26 bits per heavy atom. The summed E-state index contributed by atoms with van der Waals surface area (Å²) >= 11 is 0. The second-order valence-electron chi connectivity index (χ2n) is 5.98. The zero-order valence-corrected chi connectivity index (χ0v) is 11.9. The van der Waals surface area contributed by atoms with Crippen LogP contribution in [0.1, 0.15) is 37.2 Å². The van der Waals surface area contributed by atoms with Crippen LogP contribution in [0.25, 0.3) is 0 Å². The van der Waals surface area contributed by atoms with Gasteiger partial charge in [-0.25, -0.2) is 0 Å². The van der Waals surface area contributed by atoms with Gasteiger partial charge in [-0.2, -0.15) is 0 Å². The van der Waals surface area contributed by atoms with Gasteiger partial charge in [0.05, 0.1) is 6.10 Å². The maximum Gasteiger partial charge on any atom is 0.115 e. The van der Waals surface area contributed by atoms with E-state index in [4.69, 9.17) is 0 Å². The zero-order valence-electron chi connectivity index (χ0n) is 11.9. The normalized spacial score (nSPS) is 25.5. The maximum absolute atomic E-state index is 10.3. The SMILES string of the molecule is CN(C)CC(c1cccc(O)c1)[C@H]1CCCC[C@@H]1O. The molecule has 0 amide bonds. The molecule has 2 N–H and O–H groups in total. The van der Waals surface area contributed by atoms with Gasteiger partial charge in [0.2, 0.25) is 0 Å². The van der Waals surface area contributed by atoms with E-state index in [1.165, 1.54) is 6.42 Å². The van der Waals surface area contributed by atoms with E-state index in [1.54, 1.807) is 6.07 Å². The Labute approximate surface area is 115 Å². The Hall–Kier alpha value is -1.06. The molecular weight excluding hydrogens is 238 g/mol. The average molecular weight is 263 g/mol. The number of phenols is 1. The van der Waals surface area contributed by atoms with Crippen LogP contribution in [-0.2, 0) is 0 Å². The van der Waals surface area contributed by atoms with Crippen molar-refractivity contribution in [3.8, 4) is 5.75 Å². The van der Waals surface area contributed by atoms with Gasteiger partial charge in [0.15, 0.2) is 0 Å². The molecule has 1 aromatic rings. The van der Waals surface area contributed by atoms with Crippen LogP contribution in [0.2, 0.25) is 0 Å². The summed E-state index contributed by atoms with van der Waals surface area (Å²) in [5.74, 6) is 0.905. The highest BCUT2D eigenvalue weighted by atomic mass is 16.3. The van der Waals surface area contributed by atoms with Gasteiger partial charge in [-0.15, -0.1) is 0 Å². The molecule has 0 bridgehead atoms. The third-order valence-corrected chi connectivity index (χ3v) is 4.16. The number of nitrogens with zero attached hydrogens (tertiary/aromatic N) is 1. The van der Waals surface area contributed by atoms with Crippen molar-refractivity contribution >= 4 is 0 Å². The lowest BCUT2D eigenvalue weighted by Crippen LogP contribution is -2.35. The van der Waals surface area contributed by atoms with Crippen LogP contribution in [0.15, 0.2) is 24.3 Å². The molecule has 0 saturated heterocycles. The van der Waals surface area contributed by atoms with Crippen molar-refractivity contribution < 1.29 is 10.2 Å². The predicted octanol–water partition coefficient (Wildman–Crippen LogP) is 2.59. The van der Waals surface area contributed by atoms with Gasteiger partial charge in [0.25, 0.3) is 0 Å². The van der Waals surface area contributed by atoms with E-state index in [1.807, 2.05) is 12.1 Å². The van der Waals surface area contributed by atoms with Gasteiger partial charge in [-0.3, -0.25) is 0 Å². The third-order valence-electron chi connectivity index (χ3n) is 4.16. The van der Waals surface area contributed by atoms with Gasteiger partial charge in [0, 0.05) is 12.5 Å². The van der Waals surface area contributed by atoms with E-state index >= 15 is 0 Å². The molecule has 1 fully saturated rings. The topological polar surface area (TPSA) is 43.7 Å².